The molecule has 0 radical (unpaired) electrons. The molecule has 1 fully saturated rings. The zero-order chi connectivity index (χ0) is 12.2. The summed E-state index contributed by atoms with van der Waals surface area (Å²) in [5.41, 5.74) is 0.374. The molecule has 1 N–H and O–H groups in total. The van der Waals surface area contributed by atoms with E-state index in [1.165, 1.54) is 38.9 Å². The summed E-state index contributed by atoms with van der Waals surface area (Å²) in [6.45, 7) is 13.2. The van der Waals surface area contributed by atoms with Gasteiger partial charge in [-0.15, -0.1) is 0 Å². The zero-order valence-electron chi connectivity index (χ0n) is 11.8. The largest absolute Gasteiger partial charge is 0.316 e. The first-order valence-corrected chi connectivity index (χ1v) is 6.87. The van der Waals surface area contributed by atoms with Crippen LogP contribution in [0.25, 0.3) is 0 Å². The third-order valence-corrected chi connectivity index (χ3v) is 4.08. The van der Waals surface area contributed by atoms with Gasteiger partial charge in [-0.3, -0.25) is 0 Å². The molecule has 1 heterocycles. The van der Waals surface area contributed by atoms with Crippen LogP contribution in [0.1, 0.15) is 47.0 Å². The van der Waals surface area contributed by atoms with Crippen LogP contribution >= 0.6 is 0 Å². The van der Waals surface area contributed by atoms with Crippen LogP contribution in [0.3, 0.4) is 0 Å². The molecule has 0 aromatic heterocycles. The smallest absolute Gasteiger partial charge is 0.0125 e. The second-order valence-electron chi connectivity index (χ2n) is 6.36. The average molecular weight is 226 g/mol. The molecule has 0 aromatic rings. The molecular weight excluding hydrogens is 196 g/mol. The first-order valence-electron chi connectivity index (χ1n) is 6.87. The minimum absolute atomic E-state index is 0.374. The third kappa shape index (κ3) is 4.06. The van der Waals surface area contributed by atoms with Crippen molar-refractivity contribution in [1.29, 1.82) is 0 Å². The van der Waals surface area contributed by atoms with Gasteiger partial charge in [0.1, 0.15) is 0 Å². The van der Waals surface area contributed by atoms with Crippen LogP contribution in [0.4, 0.5) is 0 Å². The SMILES string of the molecule is CCC1CCN(CCC(NC)C(C)(C)C)C1. The summed E-state index contributed by atoms with van der Waals surface area (Å²) < 4.78 is 0. The van der Waals surface area contributed by atoms with Gasteiger partial charge in [0.05, 0.1) is 0 Å². The maximum Gasteiger partial charge on any atom is 0.0125 e. The normalized spacial score (nSPS) is 24.9. The Kier molecular flexibility index (Phi) is 5.26. The molecular formula is C14H30N2. The van der Waals surface area contributed by atoms with Crippen LogP contribution in [-0.4, -0.2) is 37.6 Å². The molecule has 0 aliphatic carbocycles. The van der Waals surface area contributed by atoms with Gasteiger partial charge in [0.2, 0.25) is 0 Å². The third-order valence-electron chi connectivity index (χ3n) is 4.08. The van der Waals surface area contributed by atoms with Crippen molar-refractivity contribution in [1.82, 2.24) is 10.2 Å². The van der Waals surface area contributed by atoms with Crippen LogP contribution in [0, 0.1) is 11.3 Å². The van der Waals surface area contributed by atoms with Crippen LogP contribution in [0.5, 0.6) is 0 Å². The topological polar surface area (TPSA) is 15.3 Å². The van der Waals surface area contributed by atoms with Gasteiger partial charge in [-0.2, -0.15) is 0 Å². The molecule has 0 aromatic carbocycles. The molecule has 2 nitrogen and oxygen atoms in total. The molecule has 1 rings (SSSR count). The van der Waals surface area contributed by atoms with Crippen molar-refractivity contribution in [2.45, 2.75) is 53.0 Å². The first-order chi connectivity index (χ1) is 7.47. The molecule has 2 unspecified atom stereocenters. The van der Waals surface area contributed by atoms with Crippen LogP contribution < -0.4 is 5.32 Å². The summed E-state index contributed by atoms with van der Waals surface area (Å²) >= 11 is 0. The van der Waals surface area contributed by atoms with Crippen molar-refractivity contribution in [2.24, 2.45) is 11.3 Å². The Morgan fingerprint density at radius 3 is 2.50 bits per heavy atom. The van der Waals surface area contributed by atoms with Crippen molar-refractivity contribution in [3.8, 4) is 0 Å². The van der Waals surface area contributed by atoms with Gasteiger partial charge < -0.3 is 10.2 Å². The van der Waals surface area contributed by atoms with Crippen LogP contribution in [-0.2, 0) is 0 Å². The van der Waals surface area contributed by atoms with Crippen molar-refractivity contribution in [3.63, 3.8) is 0 Å². The predicted molar refractivity (Wildman–Crippen MR) is 71.8 cm³/mol. The first kappa shape index (κ1) is 14.0. The highest BCUT2D eigenvalue weighted by Gasteiger charge is 2.25. The molecule has 1 aliphatic rings. The minimum Gasteiger partial charge on any atom is -0.316 e. The lowest BCUT2D eigenvalue weighted by atomic mass is 9.85. The molecule has 2 atom stereocenters. The van der Waals surface area contributed by atoms with E-state index in [9.17, 15) is 0 Å². The highest BCUT2D eigenvalue weighted by atomic mass is 15.1. The quantitative estimate of drug-likeness (QED) is 0.775. The number of hydrogen-bond acceptors (Lipinski definition) is 2. The molecule has 0 saturated carbocycles. The fourth-order valence-electron chi connectivity index (χ4n) is 2.77. The molecule has 2 heteroatoms. The molecule has 1 aliphatic heterocycles. The van der Waals surface area contributed by atoms with Gasteiger partial charge in [-0.25, -0.2) is 0 Å². The minimum atomic E-state index is 0.374. The lowest BCUT2D eigenvalue weighted by molar-refractivity contribution is 0.227. The number of nitrogens with zero attached hydrogens (tertiary/aromatic N) is 1. The van der Waals surface area contributed by atoms with E-state index in [2.05, 4.69) is 45.0 Å². The maximum atomic E-state index is 3.46. The average Bonchev–Trinajstić information content (AvgIpc) is 2.64. The highest BCUT2D eigenvalue weighted by molar-refractivity contribution is 4.82. The Bertz CT molecular complexity index is 195. The molecule has 0 bridgehead atoms. The van der Waals surface area contributed by atoms with Crippen molar-refractivity contribution >= 4 is 0 Å². The molecule has 1 saturated heterocycles. The van der Waals surface area contributed by atoms with E-state index in [0.29, 0.717) is 11.5 Å². The van der Waals surface area contributed by atoms with E-state index in [1.54, 1.807) is 0 Å². The Balaban J connectivity index is 2.28. The van der Waals surface area contributed by atoms with Crippen LogP contribution in [0.2, 0.25) is 0 Å². The molecule has 0 spiro atoms. The molecule has 0 amide bonds. The van der Waals surface area contributed by atoms with Gasteiger partial charge >= 0.3 is 0 Å². The van der Waals surface area contributed by atoms with Gasteiger partial charge in [0.25, 0.3) is 0 Å². The predicted octanol–water partition coefficient (Wildman–Crippen LogP) is 2.74. The Hall–Kier alpha value is -0.0800. The fraction of sp³-hybridized carbons (Fsp3) is 1.00. The number of likely N-dealkylation sites (tertiary alicyclic amines) is 1. The molecule has 96 valence electrons. The van der Waals surface area contributed by atoms with Crippen molar-refractivity contribution < 1.29 is 0 Å². The Labute approximate surface area is 102 Å². The fourth-order valence-corrected chi connectivity index (χ4v) is 2.77. The summed E-state index contributed by atoms with van der Waals surface area (Å²) in [5.74, 6) is 0.961. The van der Waals surface area contributed by atoms with Gasteiger partial charge in [-0.1, -0.05) is 34.1 Å². The van der Waals surface area contributed by atoms with E-state index in [4.69, 9.17) is 0 Å². The highest BCUT2D eigenvalue weighted by Crippen LogP contribution is 2.24. The second kappa shape index (κ2) is 6.02. The van der Waals surface area contributed by atoms with Gasteiger partial charge in [-0.05, 0) is 44.3 Å². The summed E-state index contributed by atoms with van der Waals surface area (Å²) in [5, 5.41) is 3.46. The number of nitrogens with one attached hydrogen (secondary N) is 1. The zero-order valence-corrected chi connectivity index (χ0v) is 11.8. The Morgan fingerprint density at radius 2 is 2.06 bits per heavy atom. The van der Waals surface area contributed by atoms with Crippen LogP contribution in [0.15, 0.2) is 0 Å². The number of hydrogen-bond donors (Lipinski definition) is 1. The summed E-state index contributed by atoms with van der Waals surface area (Å²) in [7, 11) is 2.09. The Morgan fingerprint density at radius 1 is 1.38 bits per heavy atom. The van der Waals surface area contributed by atoms with Gasteiger partial charge in [0.15, 0.2) is 0 Å². The second-order valence-corrected chi connectivity index (χ2v) is 6.36. The lowest BCUT2D eigenvalue weighted by Gasteiger charge is -2.31. The van der Waals surface area contributed by atoms with Gasteiger partial charge in [0, 0.05) is 12.6 Å². The number of rotatable bonds is 5. The molecule has 16 heavy (non-hydrogen) atoms. The van der Waals surface area contributed by atoms with E-state index < -0.39 is 0 Å². The van der Waals surface area contributed by atoms with Crippen molar-refractivity contribution in [2.75, 3.05) is 26.7 Å². The monoisotopic (exact) mass is 226 g/mol. The van der Waals surface area contributed by atoms with Crippen molar-refractivity contribution in [3.05, 3.63) is 0 Å². The van der Waals surface area contributed by atoms with E-state index >= 15 is 0 Å². The van der Waals surface area contributed by atoms with E-state index in [0.717, 1.165) is 5.92 Å². The standard InChI is InChI=1S/C14H30N2/c1-6-12-7-9-16(11-12)10-8-13(15-5)14(2,3)4/h12-13,15H,6-11H2,1-5H3. The van der Waals surface area contributed by atoms with E-state index in [1.807, 2.05) is 0 Å². The maximum absolute atomic E-state index is 3.46. The summed E-state index contributed by atoms with van der Waals surface area (Å²) in [4.78, 5) is 2.64. The lowest BCUT2D eigenvalue weighted by Crippen LogP contribution is -2.40. The summed E-state index contributed by atoms with van der Waals surface area (Å²) in [6.07, 6.45) is 4.04. The van der Waals surface area contributed by atoms with E-state index in [-0.39, 0.29) is 0 Å². The summed E-state index contributed by atoms with van der Waals surface area (Å²) in [6, 6.07) is 0.633.